The lowest BCUT2D eigenvalue weighted by Gasteiger charge is -2.08. The van der Waals surface area contributed by atoms with Crippen LogP contribution in [0.4, 0.5) is 0 Å². The Bertz CT molecular complexity index is 1090. The second-order valence-electron chi connectivity index (χ2n) is 5.50. The van der Waals surface area contributed by atoms with Crippen LogP contribution in [0.3, 0.4) is 0 Å². The first-order valence-electron chi connectivity index (χ1n) is 7.68. The molecule has 0 amide bonds. The van der Waals surface area contributed by atoms with Gasteiger partial charge in [-0.15, -0.1) is 16.4 Å². The zero-order valence-electron chi connectivity index (χ0n) is 13.4. The van der Waals surface area contributed by atoms with Gasteiger partial charge in [0.05, 0.1) is 5.39 Å². The van der Waals surface area contributed by atoms with Crippen LogP contribution in [0, 0.1) is 6.92 Å². The van der Waals surface area contributed by atoms with E-state index in [1.165, 1.54) is 4.68 Å². The van der Waals surface area contributed by atoms with Gasteiger partial charge in [-0.2, -0.15) is 4.68 Å². The highest BCUT2D eigenvalue weighted by Crippen LogP contribution is 2.25. The summed E-state index contributed by atoms with van der Waals surface area (Å²) in [5.74, 6) is 0.652. The second-order valence-corrected chi connectivity index (χ2v) is 6.36. The number of rotatable bonds is 4. The maximum atomic E-state index is 12.4. The van der Waals surface area contributed by atoms with Crippen molar-refractivity contribution in [3.8, 4) is 16.3 Å². The molecule has 124 valence electrons. The van der Waals surface area contributed by atoms with Crippen LogP contribution in [0.2, 0.25) is 0 Å². The number of nitrogens with zero attached hydrogens (tertiary/aromatic N) is 4. The molecule has 7 heteroatoms. The Hall–Kier alpha value is -3.06. The maximum absolute atomic E-state index is 12.4. The normalized spacial score (nSPS) is 10.9. The number of ether oxygens (including phenoxy) is 1. The van der Waals surface area contributed by atoms with E-state index in [4.69, 9.17) is 4.74 Å². The summed E-state index contributed by atoms with van der Waals surface area (Å²) in [4.78, 5) is 16.8. The predicted octanol–water partition coefficient (Wildman–Crippen LogP) is 3.26. The van der Waals surface area contributed by atoms with Crippen LogP contribution in [-0.4, -0.2) is 20.0 Å². The van der Waals surface area contributed by atoms with E-state index >= 15 is 0 Å². The summed E-state index contributed by atoms with van der Waals surface area (Å²) in [6.45, 7) is 1.98. The summed E-state index contributed by atoms with van der Waals surface area (Å²) >= 11 is 1.61. The minimum atomic E-state index is -0.222. The van der Waals surface area contributed by atoms with Crippen LogP contribution < -0.4 is 10.3 Å². The fourth-order valence-corrected chi connectivity index (χ4v) is 3.23. The monoisotopic (exact) mass is 350 g/mol. The molecule has 4 rings (SSSR count). The van der Waals surface area contributed by atoms with Gasteiger partial charge in [0.15, 0.2) is 6.73 Å². The van der Waals surface area contributed by atoms with Crippen LogP contribution in [-0.2, 0) is 6.73 Å². The van der Waals surface area contributed by atoms with Crippen molar-refractivity contribution in [3.63, 3.8) is 0 Å². The fraction of sp³-hybridized carbons (Fsp3) is 0.111. The van der Waals surface area contributed by atoms with Crippen molar-refractivity contribution in [3.05, 3.63) is 70.0 Å². The third-order valence-corrected chi connectivity index (χ3v) is 4.71. The summed E-state index contributed by atoms with van der Waals surface area (Å²) in [6, 6.07) is 14.7. The van der Waals surface area contributed by atoms with Crippen molar-refractivity contribution in [1.29, 1.82) is 0 Å². The van der Waals surface area contributed by atoms with E-state index in [9.17, 15) is 4.79 Å². The Morgan fingerprint density at radius 1 is 1.12 bits per heavy atom. The van der Waals surface area contributed by atoms with Crippen LogP contribution in [0.5, 0.6) is 5.75 Å². The van der Waals surface area contributed by atoms with E-state index in [1.807, 2.05) is 42.6 Å². The van der Waals surface area contributed by atoms with Gasteiger partial charge in [-0.1, -0.05) is 17.3 Å². The minimum absolute atomic E-state index is 0.00632. The molecule has 2 heterocycles. The van der Waals surface area contributed by atoms with Crippen molar-refractivity contribution in [2.24, 2.45) is 0 Å². The zero-order valence-corrected chi connectivity index (χ0v) is 14.2. The molecule has 25 heavy (non-hydrogen) atoms. The summed E-state index contributed by atoms with van der Waals surface area (Å²) in [5.41, 5.74) is 2.40. The molecule has 0 atom stereocenters. The van der Waals surface area contributed by atoms with Crippen LogP contribution >= 0.6 is 11.3 Å². The summed E-state index contributed by atoms with van der Waals surface area (Å²) in [5, 5.41) is 11.5. The molecule has 2 aromatic heterocycles. The second kappa shape index (κ2) is 6.45. The molecule has 0 spiro atoms. The van der Waals surface area contributed by atoms with Gasteiger partial charge < -0.3 is 4.74 Å². The Balaban J connectivity index is 1.52. The Labute approximate surface area is 147 Å². The van der Waals surface area contributed by atoms with Gasteiger partial charge in [-0.25, -0.2) is 4.98 Å². The SMILES string of the molecule is Cc1csc(-c2ccc(OCn3nnc4ccccc4c3=O)cc2)n1. The molecule has 0 aliphatic carbocycles. The lowest BCUT2D eigenvalue weighted by atomic mass is 10.2. The molecule has 0 aliphatic heterocycles. The van der Waals surface area contributed by atoms with Gasteiger partial charge >= 0.3 is 0 Å². The van der Waals surface area contributed by atoms with Gasteiger partial charge in [0.25, 0.3) is 5.56 Å². The first-order valence-corrected chi connectivity index (χ1v) is 8.56. The highest BCUT2D eigenvalue weighted by Gasteiger charge is 2.06. The van der Waals surface area contributed by atoms with Crippen LogP contribution in [0.1, 0.15) is 5.69 Å². The molecule has 0 bridgehead atoms. The van der Waals surface area contributed by atoms with E-state index in [1.54, 1.807) is 29.5 Å². The standard InChI is InChI=1S/C18H14N4O2S/c1-12-10-25-17(19-12)13-6-8-14(9-7-13)24-11-22-18(23)15-4-2-3-5-16(15)20-21-22/h2-10H,11H2,1H3. The third-order valence-electron chi connectivity index (χ3n) is 3.70. The number of thiazole rings is 1. The summed E-state index contributed by atoms with van der Waals surface area (Å²) in [7, 11) is 0. The fourth-order valence-electron chi connectivity index (χ4n) is 2.42. The maximum Gasteiger partial charge on any atom is 0.280 e. The quantitative estimate of drug-likeness (QED) is 0.565. The molecule has 6 nitrogen and oxygen atoms in total. The van der Waals surface area contributed by atoms with E-state index in [0.29, 0.717) is 16.7 Å². The number of benzene rings is 2. The topological polar surface area (TPSA) is 69.9 Å². The van der Waals surface area contributed by atoms with Crippen LogP contribution in [0.25, 0.3) is 21.5 Å². The molecule has 0 unspecified atom stereocenters. The van der Waals surface area contributed by atoms with Crippen molar-refractivity contribution in [2.45, 2.75) is 13.7 Å². The molecule has 4 aromatic rings. The molecule has 2 aromatic carbocycles. The van der Waals surface area contributed by atoms with E-state index in [2.05, 4.69) is 15.3 Å². The smallest absolute Gasteiger partial charge is 0.280 e. The Kier molecular flexibility index (Phi) is 3.99. The van der Waals surface area contributed by atoms with Crippen molar-refractivity contribution in [2.75, 3.05) is 0 Å². The Morgan fingerprint density at radius 2 is 1.92 bits per heavy atom. The van der Waals surface area contributed by atoms with Gasteiger partial charge in [0.1, 0.15) is 16.3 Å². The van der Waals surface area contributed by atoms with Crippen molar-refractivity contribution >= 4 is 22.2 Å². The molecule has 0 N–H and O–H groups in total. The van der Waals surface area contributed by atoms with E-state index in [-0.39, 0.29) is 12.3 Å². The average Bonchev–Trinajstić information content (AvgIpc) is 3.08. The highest BCUT2D eigenvalue weighted by atomic mass is 32.1. The number of hydrogen-bond donors (Lipinski definition) is 0. The number of aryl methyl sites for hydroxylation is 1. The molecule has 0 saturated heterocycles. The zero-order chi connectivity index (χ0) is 17.2. The van der Waals surface area contributed by atoms with Gasteiger partial charge in [0.2, 0.25) is 0 Å². The van der Waals surface area contributed by atoms with Crippen molar-refractivity contribution in [1.82, 2.24) is 20.0 Å². The first-order chi connectivity index (χ1) is 12.2. The molecule has 0 radical (unpaired) electrons. The molecular formula is C18H14N4O2S. The minimum Gasteiger partial charge on any atom is -0.471 e. The average molecular weight is 350 g/mol. The van der Waals surface area contributed by atoms with E-state index < -0.39 is 0 Å². The molecule has 0 aliphatic rings. The van der Waals surface area contributed by atoms with Crippen LogP contribution in [0.15, 0.2) is 58.7 Å². The molecule has 0 fully saturated rings. The lowest BCUT2D eigenvalue weighted by molar-refractivity contribution is 0.210. The number of fused-ring (bicyclic) bond motifs is 1. The first kappa shape index (κ1) is 15.5. The largest absolute Gasteiger partial charge is 0.471 e. The van der Waals surface area contributed by atoms with Gasteiger partial charge in [0, 0.05) is 16.6 Å². The van der Waals surface area contributed by atoms with Crippen molar-refractivity contribution < 1.29 is 4.74 Å². The highest BCUT2D eigenvalue weighted by molar-refractivity contribution is 7.13. The van der Waals surface area contributed by atoms with Gasteiger partial charge in [-0.3, -0.25) is 4.79 Å². The molecular weight excluding hydrogens is 336 g/mol. The summed E-state index contributed by atoms with van der Waals surface area (Å²) in [6.07, 6.45) is 0. The summed E-state index contributed by atoms with van der Waals surface area (Å²) < 4.78 is 6.87. The third kappa shape index (κ3) is 3.14. The lowest BCUT2D eigenvalue weighted by Crippen LogP contribution is -2.26. The Morgan fingerprint density at radius 3 is 2.68 bits per heavy atom. The number of hydrogen-bond acceptors (Lipinski definition) is 6. The molecule has 0 saturated carbocycles. The predicted molar refractivity (Wildman–Crippen MR) is 96.7 cm³/mol. The van der Waals surface area contributed by atoms with Gasteiger partial charge in [-0.05, 0) is 43.3 Å². The van der Waals surface area contributed by atoms with E-state index in [0.717, 1.165) is 16.3 Å². The number of aromatic nitrogens is 4.